The molecule has 4 rings (SSSR count). The lowest BCUT2D eigenvalue weighted by atomic mass is 9.78. The number of hydrogen-bond donors (Lipinski definition) is 1. The molecule has 3 atom stereocenters. The van der Waals surface area contributed by atoms with Crippen LogP contribution in [0, 0.1) is 5.92 Å². The maximum absolute atomic E-state index is 12.6. The normalized spacial score (nSPS) is 24.9. The number of aryl methyl sites for hydroxylation is 1. The van der Waals surface area contributed by atoms with E-state index in [0.717, 1.165) is 31.7 Å². The Hall–Kier alpha value is -2.41. The fourth-order valence-electron chi connectivity index (χ4n) is 4.59. The molecule has 26 heavy (non-hydrogen) atoms. The molecule has 7 nitrogen and oxygen atoms in total. The molecule has 0 spiro atoms. The monoisotopic (exact) mass is 355 g/mol. The van der Waals surface area contributed by atoms with Crippen molar-refractivity contribution in [1.29, 1.82) is 0 Å². The number of nitrogens with zero attached hydrogens (tertiary/aromatic N) is 4. The summed E-state index contributed by atoms with van der Waals surface area (Å²) in [4.78, 5) is 26.5. The van der Waals surface area contributed by atoms with Gasteiger partial charge < -0.3 is 9.88 Å². The van der Waals surface area contributed by atoms with E-state index >= 15 is 0 Å². The van der Waals surface area contributed by atoms with Crippen molar-refractivity contribution in [2.45, 2.75) is 31.8 Å². The van der Waals surface area contributed by atoms with Crippen LogP contribution in [0.1, 0.15) is 36.6 Å². The van der Waals surface area contributed by atoms with Gasteiger partial charge >= 0.3 is 0 Å². The Morgan fingerprint density at radius 2 is 2.19 bits per heavy atom. The number of amides is 1. The second kappa shape index (κ2) is 6.72. The molecule has 2 aromatic heterocycles. The molecule has 0 aromatic carbocycles. The van der Waals surface area contributed by atoms with E-state index in [2.05, 4.69) is 27.6 Å². The van der Waals surface area contributed by atoms with Crippen molar-refractivity contribution in [3.63, 3.8) is 0 Å². The molecule has 1 saturated heterocycles. The highest BCUT2D eigenvalue weighted by molar-refractivity contribution is 5.72. The maximum atomic E-state index is 12.6. The molecule has 0 radical (unpaired) electrons. The Labute approximate surface area is 152 Å². The zero-order valence-electron chi connectivity index (χ0n) is 15.3. The molecule has 1 N–H and O–H groups in total. The molecular weight excluding hydrogens is 330 g/mol. The Bertz CT molecular complexity index is 871. The van der Waals surface area contributed by atoms with Crippen LogP contribution in [0.2, 0.25) is 0 Å². The molecular formula is C19H25N5O2. The first-order valence-corrected chi connectivity index (χ1v) is 9.17. The van der Waals surface area contributed by atoms with Gasteiger partial charge in [0.2, 0.25) is 5.91 Å². The third-order valence-corrected chi connectivity index (χ3v) is 5.60. The van der Waals surface area contributed by atoms with Crippen LogP contribution in [0.3, 0.4) is 0 Å². The lowest BCUT2D eigenvalue weighted by Crippen LogP contribution is -2.51. The SMILES string of the molecule is CC(=O)NC[C@H]1[C@H]2C[C@H](CN(Cc3cnn(C)c3)C2)c2cccc(=O)n21. The molecule has 1 amide bonds. The summed E-state index contributed by atoms with van der Waals surface area (Å²) in [6, 6.07) is 5.55. The predicted molar refractivity (Wildman–Crippen MR) is 97.8 cm³/mol. The van der Waals surface area contributed by atoms with Gasteiger partial charge in [-0.1, -0.05) is 6.07 Å². The van der Waals surface area contributed by atoms with Gasteiger partial charge in [-0.2, -0.15) is 5.10 Å². The fraction of sp³-hybridized carbons (Fsp3) is 0.526. The molecule has 138 valence electrons. The summed E-state index contributed by atoms with van der Waals surface area (Å²) in [6.07, 6.45) is 5.03. The first-order valence-electron chi connectivity index (χ1n) is 9.17. The van der Waals surface area contributed by atoms with E-state index in [-0.39, 0.29) is 17.5 Å². The molecule has 2 aliphatic rings. The summed E-state index contributed by atoms with van der Waals surface area (Å²) in [5.74, 6) is 0.651. The number of fused-ring (bicyclic) bond motifs is 4. The minimum Gasteiger partial charge on any atom is -0.354 e. The topological polar surface area (TPSA) is 72.2 Å². The number of carbonyl (C=O) groups is 1. The molecule has 0 saturated carbocycles. The summed E-state index contributed by atoms with van der Waals surface area (Å²) in [6.45, 7) is 4.77. The quantitative estimate of drug-likeness (QED) is 0.884. The molecule has 4 heterocycles. The Balaban J connectivity index is 1.63. The van der Waals surface area contributed by atoms with Crippen molar-refractivity contribution in [2.24, 2.45) is 13.0 Å². The van der Waals surface area contributed by atoms with Crippen molar-refractivity contribution in [1.82, 2.24) is 24.6 Å². The van der Waals surface area contributed by atoms with Crippen molar-refractivity contribution >= 4 is 5.91 Å². The van der Waals surface area contributed by atoms with Crippen molar-refractivity contribution < 1.29 is 4.79 Å². The second-order valence-electron chi connectivity index (χ2n) is 7.57. The van der Waals surface area contributed by atoms with Gasteiger partial charge in [0, 0.05) is 69.6 Å². The van der Waals surface area contributed by atoms with Crippen LogP contribution >= 0.6 is 0 Å². The van der Waals surface area contributed by atoms with E-state index in [4.69, 9.17) is 0 Å². The third kappa shape index (κ3) is 3.19. The van der Waals surface area contributed by atoms with E-state index in [1.807, 2.05) is 28.6 Å². The molecule has 0 unspecified atom stereocenters. The summed E-state index contributed by atoms with van der Waals surface area (Å²) in [7, 11) is 1.93. The lowest BCUT2D eigenvalue weighted by Gasteiger charge is -2.47. The molecule has 1 fully saturated rings. The van der Waals surface area contributed by atoms with E-state index < -0.39 is 0 Å². The number of carbonyl (C=O) groups excluding carboxylic acids is 1. The van der Waals surface area contributed by atoms with Crippen LogP contribution in [0.15, 0.2) is 35.4 Å². The van der Waals surface area contributed by atoms with E-state index in [1.54, 1.807) is 6.07 Å². The van der Waals surface area contributed by atoms with Crippen molar-refractivity contribution in [2.75, 3.05) is 19.6 Å². The van der Waals surface area contributed by atoms with Gasteiger partial charge in [0.25, 0.3) is 5.56 Å². The summed E-state index contributed by atoms with van der Waals surface area (Å²) < 4.78 is 3.75. The maximum Gasteiger partial charge on any atom is 0.251 e. The highest BCUT2D eigenvalue weighted by Gasteiger charge is 2.40. The Morgan fingerprint density at radius 1 is 1.35 bits per heavy atom. The van der Waals surface area contributed by atoms with Gasteiger partial charge in [0.05, 0.1) is 12.2 Å². The summed E-state index contributed by atoms with van der Waals surface area (Å²) in [5, 5.41) is 7.19. The van der Waals surface area contributed by atoms with E-state index in [9.17, 15) is 9.59 Å². The first-order chi connectivity index (χ1) is 12.5. The van der Waals surface area contributed by atoms with Crippen molar-refractivity contribution in [3.8, 4) is 0 Å². The largest absolute Gasteiger partial charge is 0.354 e. The van der Waals surface area contributed by atoms with E-state index in [0.29, 0.717) is 18.4 Å². The van der Waals surface area contributed by atoms with Gasteiger partial charge in [-0.25, -0.2) is 0 Å². The smallest absolute Gasteiger partial charge is 0.251 e. The van der Waals surface area contributed by atoms with Gasteiger partial charge in [-0.05, 0) is 18.4 Å². The fourth-order valence-corrected chi connectivity index (χ4v) is 4.59. The molecule has 2 bridgehead atoms. The number of piperidine rings is 1. The average molecular weight is 355 g/mol. The predicted octanol–water partition coefficient (Wildman–Crippen LogP) is 0.878. The molecule has 7 heteroatoms. The van der Waals surface area contributed by atoms with Crippen LogP contribution < -0.4 is 10.9 Å². The number of hydrogen-bond acceptors (Lipinski definition) is 4. The van der Waals surface area contributed by atoms with Gasteiger partial charge in [0.15, 0.2) is 0 Å². The molecule has 2 aliphatic heterocycles. The number of rotatable bonds is 4. The van der Waals surface area contributed by atoms with Gasteiger partial charge in [-0.15, -0.1) is 0 Å². The Kier molecular flexibility index (Phi) is 4.40. The number of aromatic nitrogens is 3. The number of pyridine rings is 1. The standard InChI is InChI=1S/C19H25N5O2/c1-13(25)20-8-18-16-6-15(17-4-3-5-19(26)24(17)18)11-23(12-16)10-14-7-21-22(2)9-14/h3-5,7,9,15-16,18H,6,8,10-12H2,1-2H3,(H,20,25)/t15-,16+,18+/m1/s1. The number of likely N-dealkylation sites (tertiary alicyclic amines) is 1. The van der Waals surface area contributed by atoms with Crippen LogP contribution in [0.25, 0.3) is 0 Å². The third-order valence-electron chi connectivity index (χ3n) is 5.60. The lowest BCUT2D eigenvalue weighted by molar-refractivity contribution is -0.119. The zero-order valence-corrected chi connectivity index (χ0v) is 15.3. The van der Waals surface area contributed by atoms with E-state index in [1.165, 1.54) is 12.5 Å². The zero-order chi connectivity index (χ0) is 18.3. The van der Waals surface area contributed by atoms with Crippen LogP contribution in [-0.2, 0) is 18.4 Å². The highest BCUT2D eigenvalue weighted by Crippen LogP contribution is 2.41. The van der Waals surface area contributed by atoms with Crippen LogP contribution in [-0.4, -0.2) is 44.8 Å². The van der Waals surface area contributed by atoms with Crippen molar-refractivity contribution in [3.05, 3.63) is 52.2 Å². The average Bonchev–Trinajstić information content (AvgIpc) is 3.00. The van der Waals surface area contributed by atoms with Gasteiger partial charge in [0.1, 0.15) is 0 Å². The molecule has 0 aliphatic carbocycles. The summed E-state index contributed by atoms with van der Waals surface area (Å²) >= 11 is 0. The van der Waals surface area contributed by atoms with Crippen LogP contribution in [0.5, 0.6) is 0 Å². The first kappa shape index (κ1) is 17.0. The Morgan fingerprint density at radius 3 is 2.92 bits per heavy atom. The van der Waals surface area contributed by atoms with Crippen LogP contribution in [0.4, 0.5) is 0 Å². The van der Waals surface area contributed by atoms with Gasteiger partial charge in [-0.3, -0.25) is 19.2 Å². The number of nitrogens with one attached hydrogen (secondary N) is 1. The molecule has 2 aromatic rings. The minimum absolute atomic E-state index is 0.00977. The second-order valence-corrected chi connectivity index (χ2v) is 7.57. The highest BCUT2D eigenvalue weighted by atomic mass is 16.1. The summed E-state index contributed by atoms with van der Waals surface area (Å²) in [5.41, 5.74) is 2.34. The minimum atomic E-state index is -0.0549.